The molecular weight excluding hydrogens is 302 g/mol. The summed E-state index contributed by atoms with van der Waals surface area (Å²) in [4.78, 5) is 13.2. The summed E-state index contributed by atoms with van der Waals surface area (Å²) in [7, 11) is 0. The van der Waals surface area contributed by atoms with Gasteiger partial charge in [0.05, 0.1) is 12.5 Å². The van der Waals surface area contributed by atoms with Gasteiger partial charge in [0.2, 0.25) is 0 Å². The Kier molecular flexibility index (Phi) is 4.95. The summed E-state index contributed by atoms with van der Waals surface area (Å²) in [6.45, 7) is 9.52. The highest BCUT2D eigenvalue weighted by atomic mass is 16.5. The zero-order valence-corrected chi connectivity index (χ0v) is 14.8. The van der Waals surface area contributed by atoms with E-state index in [1.165, 1.54) is 22.3 Å². The van der Waals surface area contributed by atoms with Crippen LogP contribution in [0.4, 0.5) is 0 Å². The zero-order chi connectivity index (χ0) is 17.3. The van der Waals surface area contributed by atoms with E-state index in [0.717, 1.165) is 31.7 Å². The van der Waals surface area contributed by atoms with Crippen LogP contribution in [0.25, 0.3) is 5.57 Å². The van der Waals surface area contributed by atoms with Gasteiger partial charge in [-0.3, -0.25) is 9.69 Å². The Morgan fingerprint density at radius 3 is 2.75 bits per heavy atom. The van der Waals surface area contributed by atoms with Gasteiger partial charge < -0.3 is 9.84 Å². The van der Waals surface area contributed by atoms with Crippen LogP contribution in [0.5, 0.6) is 5.75 Å². The molecule has 4 heteroatoms. The van der Waals surface area contributed by atoms with Gasteiger partial charge in [-0.2, -0.15) is 0 Å². The van der Waals surface area contributed by atoms with Crippen LogP contribution in [0.3, 0.4) is 0 Å². The second kappa shape index (κ2) is 6.98. The van der Waals surface area contributed by atoms with Gasteiger partial charge >= 0.3 is 5.97 Å². The number of rotatable bonds is 6. The lowest BCUT2D eigenvalue weighted by Gasteiger charge is -2.38. The first kappa shape index (κ1) is 17.0. The smallest absolute Gasteiger partial charge is 0.309 e. The number of hydrogen-bond acceptors (Lipinski definition) is 3. The third kappa shape index (κ3) is 3.64. The molecule has 0 aromatic heterocycles. The third-order valence-electron chi connectivity index (χ3n) is 5.01. The highest BCUT2D eigenvalue weighted by Crippen LogP contribution is 2.34. The Balaban J connectivity index is 1.67. The lowest BCUT2D eigenvalue weighted by molar-refractivity contribution is -0.147. The molecule has 0 amide bonds. The molecule has 1 aromatic carbocycles. The van der Waals surface area contributed by atoms with Crippen molar-refractivity contribution in [1.29, 1.82) is 0 Å². The molecule has 1 saturated heterocycles. The van der Waals surface area contributed by atoms with Crippen molar-refractivity contribution in [3.8, 4) is 5.75 Å². The average molecular weight is 329 g/mol. The number of allylic oxidation sites excluding steroid dienone is 1. The van der Waals surface area contributed by atoms with Gasteiger partial charge in [-0.1, -0.05) is 25.5 Å². The predicted molar refractivity (Wildman–Crippen MR) is 95.3 cm³/mol. The number of aliphatic carboxylic acids is 1. The highest BCUT2D eigenvalue weighted by Gasteiger charge is 2.33. The molecule has 1 heterocycles. The third-order valence-corrected chi connectivity index (χ3v) is 5.01. The van der Waals surface area contributed by atoms with Crippen LogP contribution in [-0.2, 0) is 11.2 Å². The minimum Gasteiger partial charge on any atom is -0.493 e. The number of aryl methyl sites for hydroxylation is 1. The second-order valence-corrected chi connectivity index (χ2v) is 7.48. The van der Waals surface area contributed by atoms with Crippen molar-refractivity contribution in [2.24, 2.45) is 11.8 Å². The summed E-state index contributed by atoms with van der Waals surface area (Å²) >= 11 is 0. The van der Waals surface area contributed by atoms with E-state index < -0.39 is 5.97 Å². The number of nitrogens with zero attached hydrogens (tertiary/aromatic N) is 1. The molecule has 24 heavy (non-hydrogen) atoms. The van der Waals surface area contributed by atoms with Crippen LogP contribution in [0.15, 0.2) is 23.8 Å². The molecule has 2 aliphatic rings. The van der Waals surface area contributed by atoms with Gasteiger partial charge in [0.25, 0.3) is 0 Å². The largest absolute Gasteiger partial charge is 0.493 e. The number of benzene rings is 1. The fraction of sp³-hybridized carbons (Fsp3) is 0.550. The van der Waals surface area contributed by atoms with E-state index >= 15 is 0 Å². The molecule has 0 atom stereocenters. The van der Waals surface area contributed by atoms with Crippen LogP contribution in [0.2, 0.25) is 0 Å². The quantitative estimate of drug-likeness (QED) is 0.868. The van der Waals surface area contributed by atoms with Crippen LogP contribution in [0, 0.1) is 11.8 Å². The van der Waals surface area contributed by atoms with Crippen molar-refractivity contribution in [1.82, 2.24) is 4.90 Å². The number of carboxylic acids is 1. The van der Waals surface area contributed by atoms with E-state index in [2.05, 4.69) is 43.9 Å². The monoisotopic (exact) mass is 329 g/mol. The first-order valence-electron chi connectivity index (χ1n) is 8.84. The van der Waals surface area contributed by atoms with E-state index in [4.69, 9.17) is 9.84 Å². The number of carbonyl (C=O) groups is 1. The summed E-state index contributed by atoms with van der Waals surface area (Å²) in [5.41, 5.74) is 5.49. The minimum absolute atomic E-state index is 0.178. The summed E-state index contributed by atoms with van der Waals surface area (Å²) in [6.07, 6.45) is 2.10. The molecule has 1 aromatic rings. The molecule has 1 aliphatic carbocycles. The lowest BCUT2D eigenvalue weighted by Crippen LogP contribution is -2.50. The van der Waals surface area contributed by atoms with Gasteiger partial charge in [-0.25, -0.2) is 0 Å². The molecule has 1 N–H and O–H groups in total. The second-order valence-electron chi connectivity index (χ2n) is 7.48. The standard InChI is InChI=1S/C20H27NO3/c1-13(2)12-24-18-6-7-19-14(3)16(5-4-15(19)8-18)9-21-10-17(11-21)20(22)23/h6-8,13,17H,4-5,9-12H2,1-3H3,(H,22,23). The van der Waals surface area contributed by atoms with E-state index in [0.29, 0.717) is 19.0 Å². The highest BCUT2D eigenvalue weighted by molar-refractivity contribution is 5.73. The number of likely N-dealkylation sites (tertiary alicyclic amines) is 1. The Labute approximate surface area is 144 Å². The maximum atomic E-state index is 10.9. The molecule has 0 unspecified atom stereocenters. The van der Waals surface area contributed by atoms with Crippen molar-refractivity contribution in [3.63, 3.8) is 0 Å². The van der Waals surface area contributed by atoms with Crippen LogP contribution >= 0.6 is 0 Å². The van der Waals surface area contributed by atoms with Crippen molar-refractivity contribution >= 4 is 11.5 Å². The van der Waals surface area contributed by atoms with Crippen molar-refractivity contribution in [3.05, 3.63) is 34.9 Å². The van der Waals surface area contributed by atoms with Gasteiger partial charge in [0.1, 0.15) is 5.75 Å². The van der Waals surface area contributed by atoms with E-state index in [-0.39, 0.29) is 5.92 Å². The number of ether oxygens (including phenoxy) is 1. The summed E-state index contributed by atoms with van der Waals surface area (Å²) in [5.74, 6) is 0.647. The first-order valence-corrected chi connectivity index (χ1v) is 8.84. The molecule has 130 valence electrons. The minimum atomic E-state index is -0.667. The van der Waals surface area contributed by atoms with Crippen LogP contribution in [-0.4, -0.2) is 42.2 Å². The van der Waals surface area contributed by atoms with Gasteiger partial charge in [0.15, 0.2) is 0 Å². The molecule has 4 nitrogen and oxygen atoms in total. The van der Waals surface area contributed by atoms with Crippen LogP contribution in [0.1, 0.15) is 38.3 Å². The normalized spacial score (nSPS) is 18.5. The summed E-state index contributed by atoms with van der Waals surface area (Å²) in [5, 5.41) is 8.99. The summed E-state index contributed by atoms with van der Waals surface area (Å²) in [6, 6.07) is 6.43. The molecule has 0 spiro atoms. The Morgan fingerprint density at radius 2 is 2.08 bits per heavy atom. The molecule has 0 radical (unpaired) electrons. The number of fused-ring (bicyclic) bond motifs is 1. The molecule has 0 bridgehead atoms. The Morgan fingerprint density at radius 1 is 1.33 bits per heavy atom. The van der Waals surface area contributed by atoms with Crippen molar-refractivity contribution < 1.29 is 14.6 Å². The maximum absolute atomic E-state index is 10.9. The zero-order valence-electron chi connectivity index (χ0n) is 14.8. The Hall–Kier alpha value is -1.81. The number of hydrogen-bond donors (Lipinski definition) is 1. The van der Waals surface area contributed by atoms with Gasteiger partial charge in [-0.05, 0) is 54.5 Å². The van der Waals surface area contributed by atoms with Gasteiger partial charge in [0, 0.05) is 19.6 Å². The molecule has 3 rings (SSSR count). The predicted octanol–water partition coefficient (Wildman–Crippen LogP) is 3.46. The first-order chi connectivity index (χ1) is 11.4. The Bertz CT molecular complexity index is 657. The topological polar surface area (TPSA) is 49.8 Å². The number of carboxylic acid groups (broad SMARTS) is 1. The van der Waals surface area contributed by atoms with Crippen molar-refractivity contribution in [2.45, 2.75) is 33.6 Å². The van der Waals surface area contributed by atoms with E-state index in [1.54, 1.807) is 0 Å². The van der Waals surface area contributed by atoms with Crippen molar-refractivity contribution in [2.75, 3.05) is 26.2 Å². The van der Waals surface area contributed by atoms with Gasteiger partial charge in [-0.15, -0.1) is 0 Å². The lowest BCUT2D eigenvalue weighted by atomic mass is 9.85. The van der Waals surface area contributed by atoms with E-state index in [9.17, 15) is 4.79 Å². The summed E-state index contributed by atoms with van der Waals surface area (Å²) < 4.78 is 5.84. The van der Waals surface area contributed by atoms with Crippen LogP contribution < -0.4 is 4.74 Å². The molecular formula is C20H27NO3. The fourth-order valence-corrected chi connectivity index (χ4v) is 3.48. The fourth-order valence-electron chi connectivity index (χ4n) is 3.48. The van der Waals surface area contributed by atoms with E-state index in [1.807, 2.05) is 0 Å². The maximum Gasteiger partial charge on any atom is 0.309 e. The molecule has 1 fully saturated rings. The SMILES string of the molecule is CC1=C(CN2CC(C(=O)O)C2)CCc2cc(OCC(C)C)ccc21. The average Bonchev–Trinajstić information content (AvgIpc) is 2.49. The molecule has 1 aliphatic heterocycles. The molecule has 0 saturated carbocycles.